The van der Waals surface area contributed by atoms with Crippen molar-refractivity contribution in [2.24, 2.45) is 34.8 Å². The summed E-state index contributed by atoms with van der Waals surface area (Å²) in [6, 6.07) is -12.8. The number of halogens is 1. The van der Waals surface area contributed by atoms with E-state index in [9.17, 15) is 58.2 Å². The Labute approximate surface area is 485 Å². The summed E-state index contributed by atoms with van der Waals surface area (Å²) >= 11 is 0. The van der Waals surface area contributed by atoms with Gasteiger partial charge in [0, 0.05) is 13.0 Å². The maximum Gasteiger partial charge on any atom is 0.245 e. The van der Waals surface area contributed by atoms with E-state index in [2.05, 4.69) is 60.1 Å². The van der Waals surface area contributed by atoms with E-state index >= 15 is 0 Å². The molecule has 1 fully saturated rings. The van der Waals surface area contributed by atoms with Crippen molar-refractivity contribution >= 4 is 71.5 Å². The molecule has 20 N–H and O–H groups in total. The van der Waals surface area contributed by atoms with E-state index < -0.39 is 139 Å². The highest BCUT2D eigenvalue weighted by molar-refractivity contribution is 5.98. The van der Waals surface area contributed by atoms with Gasteiger partial charge in [-0.05, 0) is 103 Å². The fraction of sp³-hybridized carbons (Fsp3) is 0.815. The number of nitrogens with one attached hydrogen (secondary N) is 10. The van der Waals surface area contributed by atoms with Crippen molar-refractivity contribution in [1.82, 2.24) is 53.2 Å². The van der Waals surface area contributed by atoms with Gasteiger partial charge in [0.25, 0.3) is 0 Å². The number of aliphatic hydroxyl groups excluding tert-OH is 2. The third kappa shape index (κ3) is 30.6. The number of amides is 10. The Morgan fingerprint density at radius 2 is 0.938 bits per heavy atom. The summed E-state index contributed by atoms with van der Waals surface area (Å²) in [6.45, 7) is 11.0. The average Bonchev–Trinajstić information content (AvgIpc) is 3.38. The summed E-state index contributed by atoms with van der Waals surface area (Å²) in [6.07, 6.45) is 8.19. The molecular formula is C54H103ClN14O12. The number of aliphatic hydroxyl groups is 2. The van der Waals surface area contributed by atoms with E-state index in [0.717, 1.165) is 25.7 Å². The molecule has 81 heavy (non-hydrogen) atoms. The summed E-state index contributed by atoms with van der Waals surface area (Å²) in [4.78, 5) is 139. The van der Waals surface area contributed by atoms with E-state index in [4.69, 9.17) is 22.9 Å². The molecule has 1 rings (SSSR count). The molecule has 1 saturated heterocycles. The van der Waals surface area contributed by atoms with Crippen molar-refractivity contribution in [3.05, 3.63) is 0 Å². The maximum atomic E-state index is 14.4. The Kier molecular flexibility index (Phi) is 39.8. The van der Waals surface area contributed by atoms with Gasteiger partial charge in [0.2, 0.25) is 59.1 Å². The standard InChI is InChI=1S/C54H102N14O12.ClH/c1-8-9-10-11-12-13-14-15-16-17-18-19-43(71)67-45(35(7)70)54(80)64-38(22-27-57)47(73)63-40-24-29-59-53(79)44(34(6)69)68-50(76)39(23-28-58)61-46(72)36(20-25-55)62-51(77)41(30-32(2)3)66-52(78)42(31-33(4)5)65-48(74)37(21-26-56)60-49(40)75;/h32-42,44-45,69-70H,8-31,55-58H2,1-7H3,(H,59,79)(H,60,75)(H,61,72)(H,62,77)(H,63,73)(H,64,80)(H,65,74)(H,66,78)(H,67,71)(H,68,76);1H. The molecule has 0 aromatic rings. The molecule has 468 valence electrons. The first kappa shape index (κ1) is 75.8. The van der Waals surface area contributed by atoms with Crippen LogP contribution in [0, 0.1) is 11.8 Å². The molecule has 0 aliphatic carbocycles. The first-order valence-electron chi connectivity index (χ1n) is 29.1. The molecule has 1 aliphatic heterocycles. The van der Waals surface area contributed by atoms with Crippen LogP contribution >= 0.6 is 12.4 Å². The lowest BCUT2D eigenvalue weighted by Gasteiger charge is -2.29. The van der Waals surface area contributed by atoms with Crippen molar-refractivity contribution in [3.8, 4) is 0 Å². The maximum absolute atomic E-state index is 14.4. The van der Waals surface area contributed by atoms with Crippen LogP contribution in [0.25, 0.3) is 0 Å². The van der Waals surface area contributed by atoms with Crippen LogP contribution in [-0.4, -0.2) is 169 Å². The lowest BCUT2D eigenvalue weighted by atomic mass is 9.99. The van der Waals surface area contributed by atoms with Crippen molar-refractivity contribution in [2.75, 3.05) is 32.7 Å². The minimum Gasteiger partial charge on any atom is -0.391 e. The quantitative estimate of drug-likeness (QED) is 0.0342. The SMILES string of the molecule is CCCCCCCCCCCCCC(=O)NC(C(=O)NC(CCN)C(=O)NC1CCNC(=O)C(C(C)O)NC(=O)C(CCN)NC(=O)C(CCN)NC(=O)C(CC(C)C)NC(=O)C(CC(C)C)NC(=O)C(CCN)NC1=O)C(C)O.Cl. The number of rotatable bonds is 31. The Morgan fingerprint density at radius 3 is 1.35 bits per heavy atom. The van der Waals surface area contributed by atoms with Gasteiger partial charge in [0.05, 0.1) is 12.2 Å². The fourth-order valence-corrected chi connectivity index (χ4v) is 9.02. The molecule has 0 aromatic heterocycles. The van der Waals surface area contributed by atoms with Crippen LogP contribution in [0.15, 0.2) is 0 Å². The van der Waals surface area contributed by atoms with Crippen molar-refractivity contribution in [2.45, 2.75) is 237 Å². The highest BCUT2D eigenvalue weighted by Gasteiger charge is 2.37. The number of carbonyl (C=O) groups excluding carboxylic acids is 10. The molecule has 26 nitrogen and oxygen atoms in total. The summed E-state index contributed by atoms with van der Waals surface area (Å²) in [5.41, 5.74) is 23.5. The van der Waals surface area contributed by atoms with Gasteiger partial charge in [-0.15, -0.1) is 12.4 Å². The van der Waals surface area contributed by atoms with Gasteiger partial charge >= 0.3 is 0 Å². The molecular weight excluding hydrogens is 1070 g/mol. The minimum atomic E-state index is -1.65. The molecule has 1 heterocycles. The van der Waals surface area contributed by atoms with Gasteiger partial charge < -0.3 is 86.3 Å². The van der Waals surface area contributed by atoms with Crippen LogP contribution in [0.5, 0.6) is 0 Å². The highest BCUT2D eigenvalue weighted by atomic mass is 35.5. The molecule has 0 radical (unpaired) electrons. The van der Waals surface area contributed by atoms with Crippen LogP contribution < -0.4 is 76.1 Å². The van der Waals surface area contributed by atoms with Crippen LogP contribution in [-0.2, 0) is 47.9 Å². The number of hydrogen-bond acceptors (Lipinski definition) is 16. The lowest BCUT2D eigenvalue weighted by Crippen LogP contribution is -2.61. The highest BCUT2D eigenvalue weighted by Crippen LogP contribution is 2.14. The molecule has 27 heteroatoms. The summed E-state index contributed by atoms with van der Waals surface area (Å²) in [5, 5.41) is 47.1. The van der Waals surface area contributed by atoms with E-state index in [0.29, 0.717) is 6.42 Å². The van der Waals surface area contributed by atoms with Crippen LogP contribution in [0.3, 0.4) is 0 Å². The van der Waals surface area contributed by atoms with E-state index in [1.54, 1.807) is 27.7 Å². The third-order valence-corrected chi connectivity index (χ3v) is 13.6. The van der Waals surface area contributed by atoms with Gasteiger partial charge in [0.1, 0.15) is 54.4 Å². The monoisotopic (exact) mass is 1170 g/mol. The molecule has 0 saturated carbocycles. The number of hydrogen-bond donors (Lipinski definition) is 16. The third-order valence-electron chi connectivity index (χ3n) is 13.6. The Morgan fingerprint density at radius 1 is 0.531 bits per heavy atom. The van der Waals surface area contributed by atoms with Crippen molar-refractivity contribution in [3.63, 3.8) is 0 Å². The van der Waals surface area contributed by atoms with Gasteiger partial charge in [-0.2, -0.15) is 0 Å². The summed E-state index contributed by atoms with van der Waals surface area (Å²) in [5.74, 6) is -8.77. The first-order valence-corrected chi connectivity index (χ1v) is 29.1. The summed E-state index contributed by atoms with van der Waals surface area (Å²) < 4.78 is 0. The minimum absolute atomic E-state index is 0. The van der Waals surface area contributed by atoms with Crippen LogP contribution in [0.2, 0.25) is 0 Å². The number of unbranched alkanes of at least 4 members (excludes halogenated alkanes) is 10. The molecule has 11 atom stereocenters. The van der Waals surface area contributed by atoms with Crippen LogP contribution in [0.4, 0.5) is 0 Å². The largest absolute Gasteiger partial charge is 0.391 e. The Balaban J connectivity index is 0.0000640. The zero-order chi connectivity index (χ0) is 60.3. The topological polar surface area (TPSA) is 436 Å². The Hall–Kier alpha value is -5.25. The molecule has 11 unspecified atom stereocenters. The molecule has 0 aromatic carbocycles. The fourth-order valence-electron chi connectivity index (χ4n) is 9.02. The van der Waals surface area contributed by atoms with E-state index in [1.165, 1.54) is 52.4 Å². The van der Waals surface area contributed by atoms with Gasteiger partial charge in [0.15, 0.2) is 0 Å². The number of carbonyl (C=O) groups is 10. The normalized spacial score (nSPS) is 22.7. The molecule has 0 bridgehead atoms. The molecule has 1 aliphatic rings. The second kappa shape index (κ2) is 42.6. The number of nitrogens with two attached hydrogens (primary N) is 4. The van der Waals surface area contributed by atoms with Crippen molar-refractivity contribution < 1.29 is 58.2 Å². The Bertz CT molecular complexity index is 1940. The first-order chi connectivity index (χ1) is 37.9. The molecule has 10 amide bonds. The lowest BCUT2D eigenvalue weighted by molar-refractivity contribution is -0.136. The zero-order valence-corrected chi connectivity index (χ0v) is 50.0. The van der Waals surface area contributed by atoms with Gasteiger partial charge in [-0.25, -0.2) is 0 Å². The zero-order valence-electron chi connectivity index (χ0n) is 49.2. The van der Waals surface area contributed by atoms with Gasteiger partial charge in [-0.3, -0.25) is 47.9 Å². The predicted octanol–water partition coefficient (Wildman–Crippen LogP) is -1.76. The molecule has 0 spiro atoms. The van der Waals surface area contributed by atoms with Crippen LogP contribution in [0.1, 0.15) is 170 Å². The van der Waals surface area contributed by atoms with Crippen molar-refractivity contribution in [1.29, 1.82) is 0 Å². The van der Waals surface area contributed by atoms with Gasteiger partial charge in [-0.1, -0.05) is 98.8 Å². The van der Waals surface area contributed by atoms with E-state index in [1.807, 2.05) is 0 Å². The smallest absolute Gasteiger partial charge is 0.245 e. The predicted molar refractivity (Wildman–Crippen MR) is 310 cm³/mol. The summed E-state index contributed by atoms with van der Waals surface area (Å²) in [7, 11) is 0. The van der Waals surface area contributed by atoms with E-state index in [-0.39, 0.29) is 95.4 Å². The second-order valence-electron chi connectivity index (χ2n) is 21.9. The second-order valence-corrected chi connectivity index (χ2v) is 21.9. The average molecular weight is 1180 g/mol.